The summed E-state index contributed by atoms with van der Waals surface area (Å²) in [5.41, 5.74) is 3.53. The summed E-state index contributed by atoms with van der Waals surface area (Å²) in [5.74, 6) is -0.00231. The Hall–Kier alpha value is -0.950. The van der Waals surface area contributed by atoms with Gasteiger partial charge in [-0.15, -0.1) is 0 Å². The van der Waals surface area contributed by atoms with Crippen LogP contribution < -0.4 is 10.0 Å². The second-order valence-electron chi connectivity index (χ2n) is 5.27. The average molecular weight is 298 g/mol. The van der Waals surface area contributed by atoms with E-state index in [4.69, 9.17) is 4.74 Å². The van der Waals surface area contributed by atoms with E-state index in [1.807, 2.05) is 19.9 Å². The van der Waals surface area contributed by atoms with E-state index in [1.165, 1.54) is 11.1 Å². The molecule has 6 heteroatoms. The zero-order valence-electron chi connectivity index (χ0n) is 12.0. The van der Waals surface area contributed by atoms with Crippen LogP contribution in [0, 0.1) is 0 Å². The lowest BCUT2D eigenvalue weighted by Gasteiger charge is -2.10. The molecule has 1 heterocycles. The minimum absolute atomic E-state index is 0.00231. The molecule has 0 aliphatic carbocycles. The first kappa shape index (κ1) is 15.4. The highest BCUT2D eigenvalue weighted by atomic mass is 32.2. The van der Waals surface area contributed by atoms with E-state index in [0.717, 1.165) is 18.7 Å². The van der Waals surface area contributed by atoms with Crippen LogP contribution in [0.25, 0.3) is 0 Å². The Morgan fingerprint density at radius 3 is 2.80 bits per heavy atom. The maximum absolute atomic E-state index is 11.8. The molecule has 112 valence electrons. The van der Waals surface area contributed by atoms with Crippen LogP contribution in [0.5, 0.6) is 0 Å². The summed E-state index contributed by atoms with van der Waals surface area (Å²) in [6.45, 7) is 6.09. The number of sulfonamides is 1. The van der Waals surface area contributed by atoms with Crippen molar-refractivity contribution in [3.05, 3.63) is 34.9 Å². The molecule has 0 fully saturated rings. The van der Waals surface area contributed by atoms with Gasteiger partial charge in [-0.25, -0.2) is 13.1 Å². The minimum Gasteiger partial charge on any atom is -0.378 e. The normalized spacial score (nSPS) is 14.8. The molecule has 0 unspecified atom stereocenters. The predicted molar refractivity (Wildman–Crippen MR) is 78.7 cm³/mol. The van der Waals surface area contributed by atoms with Crippen LogP contribution in [0.1, 0.15) is 30.5 Å². The lowest BCUT2D eigenvalue weighted by molar-refractivity contribution is 0.0911. The Morgan fingerprint density at radius 2 is 2.05 bits per heavy atom. The predicted octanol–water partition coefficient (Wildman–Crippen LogP) is 1.13. The van der Waals surface area contributed by atoms with Crippen molar-refractivity contribution >= 4 is 10.0 Å². The molecule has 0 aromatic heterocycles. The molecular formula is C14H22N2O3S. The number of hydrogen-bond acceptors (Lipinski definition) is 4. The third kappa shape index (κ3) is 4.56. The van der Waals surface area contributed by atoms with Crippen molar-refractivity contribution in [2.75, 3.05) is 12.4 Å². The first-order valence-electron chi connectivity index (χ1n) is 6.86. The molecule has 0 spiro atoms. The molecule has 2 rings (SSSR count). The van der Waals surface area contributed by atoms with Gasteiger partial charge >= 0.3 is 0 Å². The molecule has 0 atom stereocenters. The van der Waals surface area contributed by atoms with Crippen molar-refractivity contribution in [3.8, 4) is 0 Å². The molecule has 0 bridgehead atoms. The van der Waals surface area contributed by atoms with Crippen LogP contribution in [0.4, 0.5) is 0 Å². The lowest BCUT2D eigenvalue weighted by Crippen LogP contribution is -2.28. The molecule has 5 nitrogen and oxygen atoms in total. The second-order valence-corrected chi connectivity index (χ2v) is 7.19. The summed E-state index contributed by atoms with van der Waals surface area (Å²) in [6, 6.07) is 6.09. The van der Waals surface area contributed by atoms with E-state index >= 15 is 0 Å². The van der Waals surface area contributed by atoms with Gasteiger partial charge in [-0.05, 0) is 30.5 Å². The maximum atomic E-state index is 11.8. The number of hydrogen-bond donors (Lipinski definition) is 2. The summed E-state index contributed by atoms with van der Waals surface area (Å²) in [6.07, 6.45) is 0.0504. The van der Waals surface area contributed by atoms with Gasteiger partial charge in [0, 0.05) is 19.6 Å². The van der Waals surface area contributed by atoms with Crippen molar-refractivity contribution in [1.82, 2.24) is 10.0 Å². The quantitative estimate of drug-likeness (QED) is 0.792. The fourth-order valence-electron chi connectivity index (χ4n) is 2.12. The Labute approximate surface area is 120 Å². The zero-order valence-corrected chi connectivity index (χ0v) is 12.8. The molecule has 1 aliphatic rings. The van der Waals surface area contributed by atoms with Crippen molar-refractivity contribution in [2.45, 2.75) is 39.6 Å². The Bertz CT molecular complexity index is 556. The van der Waals surface area contributed by atoms with Crippen LogP contribution in [0.2, 0.25) is 0 Å². The fraction of sp³-hybridized carbons (Fsp3) is 0.571. The van der Waals surface area contributed by atoms with Crippen LogP contribution in [-0.2, 0) is 34.4 Å². The molecule has 0 saturated heterocycles. The summed E-state index contributed by atoms with van der Waals surface area (Å²) < 4.78 is 31.5. The number of ether oxygens (including phenoxy) is 1. The van der Waals surface area contributed by atoms with Gasteiger partial charge in [0.2, 0.25) is 10.0 Å². The molecule has 1 aromatic carbocycles. The van der Waals surface area contributed by atoms with Gasteiger partial charge in [0.1, 0.15) is 0 Å². The smallest absolute Gasteiger partial charge is 0.214 e. The van der Waals surface area contributed by atoms with Gasteiger partial charge < -0.3 is 10.1 Å². The van der Waals surface area contributed by atoms with Gasteiger partial charge in [0.05, 0.1) is 18.5 Å². The highest BCUT2D eigenvalue weighted by Gasteiger charge is 2.13. The lowest BCUT2D eigenvalue weighted by atomic mass is 10.1. The molecular weight excluding hydrogens is 276 g/mol. The maximum Gasteiger partial charge on any atom is 0.214 e. The highest BCUT2D eigenvalue weighted by Crippen LogP contribution is 2.17. The summed E-state index contributed by atoms with van der Waals surface area (Å²) >= 11 is 0. The monoisotopic (exact) mass is 298 g/mol. The van der Waals surface area contributed by atoms with Crippen molar-refractivity contribution in [3.63, 3.8) is 0 Å². The average Bonchev–Trinajstić information content (AvgIpc) is 2.83. The summed E-state index contributed by atoms with van der Waals surface area (Å²) in [5, 5.41) is 3.27. The summed E-state index contributed by atoms with van der Waals surface area (Å²) in [4.78, 5) is 0. The van der Waals surface area contributed by atoms with Crippen LogP contribution in [0.3, 0.4) is 0 Å². The standard InChI is InChI=1S/C14H22N2O3S/c1-11(2)19-5-6-20(17,18)16-8-12-3-4-13-9-15-10-14(13)7-12/h3-4,7,11,15-16H,5-6,8-10H2,1-2H3. The number of fused-ring (bicyclic) bond motifs is 1. The Balaban J connectivity index is 1.85. The van der Waals surface area contributed by atoms with Crippen molar-refractivity contribution in [2.24, 2.45) is 0 Å². The first-order chi connectivity index (χ1) is 9.46. The van der Waals surface area contributed by atoms with Crippen molar-refractivity contribution in [1.29, 1.82) is 0 Å². The molecule has 0 radical (unpaired) electrons. The minimum atomic E-state index is -3.28. The number of nitrogens with one attached hydrogen (secondary N) is 2. The van der Waals surface area contributed by atoms with Crippen LogP contribution >= 0.6 is 0 Å². The van der Waals surface area contributed by atoms with E-state index in [-0.39, 0.29) is 18.5 Å². The third-order valence-electron chi connectivity index (χ3n) is 3.20. The summed E-state index contributed by atoms with van der Waals surface area (Å²) in [7, 11) is -3.28. The molecule has 1 aliphatic heterocycles. The third-order valence-corrected chi connectivity index (χ3v) is 4.49. The van der Waals surface area contributed by atoms with Gasteiger partial charge in [0.15, 0.2) is 0 Å². The van der Waals surface area contributed by atoms with Gasteiger partial charge in [-0.1, -0.05) is 18.2 Å². The van der Waals surface area contributed by atoms with E-state index in [9.17, 15) is 8.42 Å². The van der Waals surface area contributed by atoms with Crippen LogP contribution in [0.15, 0.2) is 18.2 Å². The fourth-order valence-corrected chi connectivity index (χ4v) is 2.96. The molecule has 0 saturated carbocycles. The van der Waals surface area contributed by atoms with Gasteiger partial charge in [0.25, 0.3) is 0 Å². The van der Waals surface area contributed by atoms with Gasteiger partial charge in [-0.2, -0.15) is 0 Å². The number of benzene rings is 1. The SMILES string of the molecule is CC(C)OCCS(=O)(=O)NCc1ccc2c(c1)CNC2. The molecule has 1 aromatic rings. The topological polar surface area (TPSA) is 67.4 Å². The van der Waals surface area contributed by atoms with Crippen molar-refractivity contribution < 1.29 is 13.2 Å². The van der Waals surface area contributed by atoms with E-state index in [2.05, 4.69) is 22.2 Å². The zero-order chi connectivity index (χ0) is 14.6. The largest absolute Gasteiger partial charge is 0.378 e. The van der Waals surface area contributed by atoms with Crippen LogP contribution in [-0.4, -0.2) is 26.9 Å². The van der Waals surface area contributed by atoms with Gasteiger partial charge in [-0.3, -0.25) is 0 Å². The molecule has 0 amide bonds. The first-order valence-corrected chi connectivity index (χ1v) is 8.52. The second kappa shape index (κ2) is 6.67. The Kier molecular flexibility index (Phi) is 5.15. The highest BCUT2D eigenvalue weighted by molar-refractivity contribution is 7.89. The van der Waals surface area contributed by atoms with E-state index in [0.29, 0.717) is 6.54 Å². The van der Waals surface area contributed by atoms with E-state index in [1.54, 1.807) is 0 Å². The molecule has 20 heavy (non-hydrogen) atoms. The Morgan fingerprint density at radius 1 is 1.30 bits per heavy atom. The van der Waals surface area contributed by atoms with E-state index < -0.39 is 10.0 Å². The molecule has 2 N–H and O–H groups in total. The number of rotatable bonds is 7.